The van der Waals surface area contributed by atoms with Crippen molar-refractivity contribution in [1.82, 2.24) is 0 Å². The van der Waals surface area contributed by atoms with E-state index in [9.17, 15) is 4.39 Å². The molecule has 1 aliphatic rings. The van der Waals surface area contributed by atoms with Crippen molar-refractivity contribution >= 4 is 11.6 Å². The molecule has 1 fully saturated rings. The lowest BCUT2D eigenvalue weighted by Crippen LogP contribution is -2.30. The van der Waals surface area contributed by atoms with Crippen LogP contribution in [-0.2, 0) is 0 Å². The van der Waals surface area contributed by atoms with Gasteiger partial charge in [-0.15, -0.1) is 11.6 Å². The summed E-state index contributed by atoms with van der Waals surface area (Å²) in [4.78, 5) is 0. The fourth-order valence-corrected chi connectivity index (χ4v) is 2.96. The molecule has 2 rings (SSSR count). The molecule has 1 aromatic carbocycles. The van der Waals surface area contributed by atoms with Crippen molar-refractivity contribution in [2.45, 2.75) is 51.6 Å². The van der Waals surface area contributed by atoms with Crippen LogP contribution in [0.3, 0.4) is 0 Å². The van der Waals surface area contributed by atoms with Crippen LogP contribution >= 0.6 is 11.6 Å². The van der Waals surface area contributed by atoms with Gasteiger partial charge in [0.25, 0.3) is 0 Å². The first-order valence-electron chi connectivity index (χ1n) is 7.75. The minimum atomic E-state index is -0.281. The lowest BCUT2D eigenvalue weighted by atomic mass is 9.84. The average molecular weight is 309 g/mol. The van der Waals surface area contributed by atoms with Crippen LogP contribution < -0.4 is 4.74 Å². The molecule has 0 saturated heterocycles. The fourth-order valence-electron chi connectivity index (χ4n) is 2.86. The maximum absolute atomic E-state index is 13.5. The maximum atomic E-state index is 13.5. The van der Waals surface area contributed by atoms with E-state index in [-0.39, 0.29) is 11.9 Å². The molecular weight excluding hydrogens is 287 g/mol. The SMILES string of the molecule is CCC1CCCCC1Oc1cc(F)ccc1C#CCCCl. The number of hydrogen-bond donors (Lipinski definition) is 0. The highest BCUT2D eigenvalue weighted by Gasteiger charge is 2.25. The van der Waals surface area contributed by atoms with Gasteiger partial charge in [-0.25, -0.2) is 4.39 Å². The molecule has 0 heterocycles. The number of alkyl halides is 1. The molecule has 1 aromatic rings. The summed E-state index contributed by atoms with van der Waals surface area (Å²) in [6, 6.07) is 4.57. The molecule has 2 unspecified atom stereocenters. The molecule has 0 bridgehead atoms. The van der Waals surface area contributed by atoms with E-state index in [0.717, 1.165) is 18.4 Å². The van der Waals surface area contributed by atoms with Gasteiger partial charge < -0.3 is 4.74 Å². The molecule has 21 heavy (non-hydrogen) atoms. The average Bonchev–Trinajstić information content (AvgIpc) is 2.50. The van der Waals surface area contributed by atoms with E-state index in [0.29, 0.717) is 24.0 Å². The number of halogens is 2. The summed E-state index contributed by atoms with van der Waals surface area (Å²) >= 11 is 5.63. The van der Waals surface area contributed by atoms with Gasteiger partial charge in [0, 0.05) is 18.4 Å². The molecule has 0 aromatic heterocycles. The smallest absolute Gasteiger partial charge is 0.138 e. The molecule has 0 radical (unpaired) electrons. The summed E-state index contributed by atoms with van der Waals surface area (Å²) in [5.41, 5.74) is 0.752. The van der Waals surface area contributed by atoms with Gasteiger partial charge in [-0.05, 0) is 43.7 Å². The summed E-state index contributed by atoms with van der Waals surface area (Å²) in [6.07, 6.45) is 6.60. The predicted octanol–water partition coefficient (Wildman–Crippen LogP) is 5.15. The Morgan fingerprint density at radius 1 is 1.33 bits per heavy atom. The van der Waals surface area contributed by atoms with E-state index in [1.165, 1.54) is 31.4 Å². The number of rotatable bonds is 4. The first-order valence-corrected chi connectivity index (χ1v) is 8.29. The Balaban J connectivity index is 2.17. The van der Waals surface area contributed by atoms with Crippen LogP contribution in [0.2, 0.25) is 0 Å². The van der Waals surface area contributed by atoms with Crippen molar-refractivity contribution in [1.29, 1.82) is 0 Å². The van der Waals surface area contributed by atoms with E-state index >= 15 is 0 Å². The summed E-state index contributed by atoms with van der Waals surface area (Å²) < 4.78 is 19.6. The Bertz CT molecular complexity index is 518. The molecule has 3 heteroatoms. The quantitative estimate of drug-likeness (QED) is 0.552. The molecule has 2 atom stereocenters. The van der Waals surface area contributed by atoms with Crippen LogP contribution in [0.5, 0.6) is 5.75 Å². The molecule has 1 aliphatic carbocycles. The van der Waals surface area contributed by atoms with Crippen LogP contribution in [0, 0.1) is 23.6 Å². The number of hydrogen-bond acceptors (Lipinski definition) is 1. The first kappa shape index (κ1) is 16.2. The Labute approximate surface area is 131 Å². The monoisotopic (exact) mass is 308 g/mol. The van der Waals surface area contributed by atoms with Gasteiger partial charge in [0.2, 0.25) is 0 Å². The summed E-state index contributed by atoms with van der Waals surface area (Å²) in [5.74, 6) is 7.38. The van der Waals surface area contributed by atoms with E-state index in [1.54, 1.807) is 6.07 Å². The first-order chi connectivity index (χ1) is 10.2. The van der Waals surface area contributed by atoms with Gasteiger partial charge in [0.15, 0.2) is 0 Å². The number of benzene rings is 1. The Kier molecular flexibility index (Phi) is 6.39. The topological polar surface area (TPSA) is 9.23 Å². The summed E-state index contributed by atoms with van der Waals surface area (Å²) in [6.45, 7) is 2.19. The highest BCUT2D eigenvalue weighted by Crippen LogP contribution is 2.31. The normalized spacial score (nSPS) is 21.5. The summed E-state index contributed by atoms with van der Waals surface area (Å²) in [7, 11) is 0. The van der Waals surface area contributed by atoms with Gasteiger partial charge in [-0.3, -0.25) is 0 Å². The zero-order valence-electron chi connectivity index (χ0n) is 12.5. The largest absolute Gasteiger partial charge is 0.489 e. The zero-order valence-corrected chi connectivity index (χ0v) is 13.3. The second-order valence-electron chi connectivity index (χ2n) is 5.49. The van der Waals surface area contributed by atoms with Gasteiger partial charge in [0.05, 0.1) is 5.56 Å². The molecule has 0 amide bonds. The maximum Gasteiger partial charge on any atom is 0.138 e. The second-order valence-corrected chi connectivity index (χ2v) is 5.87. The third-order valence-corrected chi connectivity index (χ3v) is 4.22. The van der Waals surface area contributed by atoms with Crippen molar-refractivity contribution in [3.63, 3.8) is 0 Å². The van der Waals surface area contributed by atoms with E-state index in [4.69, 9.17) is 16.3 Å². The predicted molar refractivity (Wildman–Crippen MR) is 85.3 cm³/mol. The van der Waals surface area contributed by atoms with Crippen LogP contribution in [0.15, 0.2) is 18.2 Å². The standard InChI is InChI=1S/C18H22ClFO/c1-2-14-7-3-4-9-17(14)21-18-13-16(20)11-10-15(18)8-5-6-12-19/h10-11,13-14,17H,2-4,6-7,9,12H2,1H3. The third kappa shape index (κ3) is 4.64. The van der Waals surface area contributed by atoms with Crippen molar-refractivity contribution in [2.75, 3.05) is 5.88 Å². The summed E-state index contributed by atoms with van der Waals surface area (Å²) in [5, 5.41) is 0. The molecule has 114 valence electrons. The zero-order chi connectivity index (χ0) is 15.1. The van der Waals surface area contributed by atoms with Gasteiger partial charge in [0.1, 0.15) is 17.7 Å². The highest BCUT2D eigenvalue weighted by atomic mass is 35.5. The minimum Gasteiger partial charge on any atom is -0.489 e. The highest BCUT2D eigenvalue weighted by molar-refractivity contribution is 6.18. The molecule has 1 nitrogen and oxygen atoms in total. The van der Waals surface area contributed by atoms with Crippen LogP contribution in [0.4, 0.5) is 4.39 Å². The third-order valence-electron chi connectivity index (χ3n) is 4.03. The van der Waals surface area contributed by atoms with Crippen molar-refractivity contribution in [3.05, 3.63) is 29.6 Å². The van der Waals surface area contributed by atoms with Crippen LogP contribution in [0.1, 0.15) is 51.0 Å². The van der Waals surface area contributed by atoms with Crippen molar-refractivity contribution in [3.8, 4) is 17.6 Å². The Morgan fingerprint density at radius 2 is 2.14 bits per heavy atom. The van der Waals surface area contributed by atoms with Crippen LogP contribution in [0.25, 0.3) is 0 Å². The molecule has 0 N–H and O–H groups in total. The number of ether oxygens (including phenoxy) is 1. The van der Waals surface area contributed by atoms with Crippen molar-refractivity contribution in [2.24, 2.45) is 5.92 Å². The molecular formula is C18H22ClFO. The lowest BCUT2D eigenvalue weighted by molar-refractivity contribution is 0.0898. The van der Waals surface area contributed by atoms with Crippen LogP contribution in [-0.4, -0.2) is 12.0 Å². The van der Waals surface area contributed by atoms with Gasteiger partial charge in [-0.1, -0.05) is 25.2 Å². The van der Waals surface area contributed by atoms with Gasteiger partial charge >= 0.3 is 0 Å². The molecule has 1 saturated carbocycles. The van der Waals surface area contributed by atoms with Crippen molar-refractivity contribution < 1.29 is 9.13 Å². The molecule has 0 aliphatic heterocycles. The van der Waals surface area contributed by atoms with Gasteiger partial charge in [-0.2, -0.15) is 0 Å². The van der Waals surface area contributed by atoms with E-state index in [1.807, 2.05) is 0 Å². The fraction of sp³-hybridized carbons (Fsp3) is 0.556. The second kappa shape index (κ2) is 8.29. The Morgan fingerprint density at radius 3 is 2.90 bits per heavy atom. The van der Waals surface area contributed by atoms with E-state index < -0.39 is 0 Å². The minimum absolute atomic E-state index is 0.180. The van der Waals surface area contributed by atoms with E-state index in [2.05, 4.69) is 18.8 Å². The molecule has 0 spiro atoms. The Hall–Kier alpha value is -1.20. The lowest BCUT2D eigenvalue weighted by Gasteiger charge is -2.31.